The Labute approximate surface area is 118 Å². The molecule has 2 aliphatic carbocycles. The minimum absolute atomic E-state index is 0.00773. The van der Waals surface area contributed by atoms with Crippen molar-refractivity contribution in [2.75, 3.05) is 4.72 Å². The number of anilines is 1. The van der Waals surface area contributed by atoms with Crippen molar-refractivity contribution in [2.45, 2.75) is 5.75 Å². The van der Waals surface area contributed by atoms with Gasteiger partial charge in [-0.25, -0.2) is 8.42 Å². The second-order valence-electron chi connectivity index (χ2n) is 4.25. The predicted molar refractivity (Wildman–Crippen MR) is 79.7 cm³/mol. The SMILES string of the molecule is O=S(=O)(Cc1ccccc1)Nc1ccc2cc1-2.OBO. The zero-order valence-corrected chi connectivity index (χ0v) is 11.5. The lowest BCUT2D eigenvalue weighted by molar-refractivity contribution is 0.448. The Hall–Kier alpha value is -1.83. The molecule has 1 aromatic rings. The van der Waals surface area contributed by atoms with Crippen molar-refractivity contribution in [3.63, 3.8) is 0 Å². The van der Waals surface area contributed by atoms with E-state index in [-0.39, 0.29) is 5.75 Å². The largest absolute Gasteiger partial charge is 0.432 e. The number of fused-ring (bicyclic) bond motifs is 1. The van der Waals surface area contributed by atoms with Crippen molar-refractivity contribution in [3.05, 3.63) is 54.1 Å². The van der Waals surface area contributed by atoms with Gasteiger partial charge in [0.25, 0.3) is 0 Å². The van der Waals surface area contributed by atoms with E-state index < -0.39 is 17.7 Å². The van der Waals surface area contributed by atoms with Gasteiger partial charge in [0.05, 0.1) is 11.4 Å². The molecule has 0 saturated heterocycles. The molecule has 0 radical (unpaired) electrons. The molecule has 2 aliphatic rings. The van der Waals surface area contributed by atoms with Crippen LogP contribution in [0.3, 0.4) is 0 Å². The smallest absolute Gasteiger partial charge is 0.430 e. The summed E-state index contributed by atoms with van der Waals surface area (Å²) in [6.07, 6.45) is 0. The third-order valence-corrected chi connectivity index (χ3v) is 3.96. The van der Waals surface area contributed by atoms with Gasteiger partial charge in [-0.3, -0.25) is 4.72 Å². The lowest BCUT2D eigenvalue weighted by Gasteiger charge is -2.06. The van der Waals surface area contributed by atoms with Crippen LogP contribution in [0.5, 0.6) is 0 Å². The molecule has 104 valence electrons. The van der Waals surface area contributed by atoms with E-state index in [0.29, 0.717) is 5.69 Å². The van der Waals surface area contributed by atoms with Crippen LogP contribution in [0.1, 0.15) is 5.56 Å². The molecule has 3 N–H and O–H groups in total. The molecule has 0 fully saturated rings. The first-order chi connectivity index (χ1) is 9.55. The molecular formula is C13H14BNO4S. The van der Waals surface area contributed by atoms with E-state index >= 15 is 0 Å². The van der Waals surface area contributed by atoms with Crippen molar-refractivity contribution in [1.82, 2.24) is 0 Å². The molecule has 3 rings (SSSR count). The maximum absolute atomic E-state index is 11.9. The minimum Gasteiger partial charge on any atom is -0.430 e. The number of nitrogens with one attached hydrogen (secondary N) is 1. The van der Waals surface area contributed by atoms with E-state index in [0.717, 1.165) is 16.7 Å². The molecule has 0 bridgehead atoms. The highest BCUT2D eigenvalue weighted by atomic mass is 32.2. The lowest BCUT2D eigenvalue weighted by atomic mass is 10.2. The van der Waals surface area contributed by atoms with Gasteiger partial charge in [-0.05, 0) is 23.3 Å². The Morgan fingerprint density at radius 2 is 1.70 bits per heavy atom. The highest BCUT2D eigenvalue weighted by molar-refractivity contribution is 7.91. The maximum atomic E-state index is 11.9. The van der Waals surface area contributed by atoms with E-state index in [2.05, 4.69) is 4.72 Å². The van der Waals surface area contributed by atoms with E-state index in [1.165, 1.54) is 0 Å². The van der Waals surface area contributed by atoms with Gasteiger partial charge in [-0.15, -0.1) is 0 Å². The molecular weight excluding hydrogens is 277 g/mol. The van der Waals surface area contributed by atoms with Crippen molar-refractivity contribution in [3.8, 4) is 11.1 Å². The van der Waals surface area contributed by atoms with E-state index in [1.54, 1.807) is 6.07 Å². The van der Waals surface area contributed by atoms with E-state index in [1.807, 2.05) is 42.5 Å². The molecule has 1 aromatic carbocycles. The standard InChI is InChI=1S/C13H11NO2S.BH3O2/c15-17(16,9-10-4-2-1-3-5-10)14-13-7-6-11-8-12(11)13;2-1-3/h1-8,14H,9H2;1-3H. The Bertz CT molecular complexity index is 689. The van der Waals surface area contributed by atoms with Crippen molar-refractivity contribution < 1.29 is 18.5 Å². The summed E-state index contributed by atoms with van der Waals surface area (Å²) in [6.45, 7) is 0. The van der Waals surface area contributed by atoms with Gasteiger partial charge in [0.1, 0.15) is 0 Å². The lowest BCUT2D eigenvalue weighted by Crippen LogP contribution is -2.14. The summed E-state index contributed by atoms with van der Waals surface area (Å²) in [4.78, 5) is 0. The van der Waals surface area contributed by atoms with Gasteiger partial charge in [0.15, 0.2) is 0 Å². The first-order valence-corrected chi connectivity index (χ1v) is 7.61. The third-order valence-electron chi connectivity index (χ3n) is 2.71. The summed E-state index contributed by atoms with van der Waals surface area (Å²) in [5, 5.41) is 14.2. The van der Waals surface area contributed by atoms with Gasteiger partial charge in [0, 0.05) is 5.56 Å². The summed E-state index contributed by atoms with van der Waals surface area (Å²) in [5.74, 6) is 0.00773. The number of hydrogen-bond acceptors (Lipinski definition) is 4. The summed E-state index contributed by atoms with van der Waals surface area (Å²) < 4.78 is 26.4. The van der Waals surface area contributed by atoms with Crippen molar-refractivity contribution in [2.24, 2.45) is 0 Å². The molecule has 5 nitrogen and oxygen atoms in total. The summed E-state index contributed by atoms with van der Waals surface area (Å²) in [5.41, 5.74) is 3.62. The van der Waals surface area contributed by atoms with Crippen LogP contribution < -0.4 is 4.72 Å². The molecule has 7 heteroatoms. The van der Waals surface area contributed by atoms with Gasteiger partial charge in [-0.2, -0.15) is 0 Å². The van der Waals surface area contributed by atoms with Crippen LogP contribution in [0, 0.1) is 0 Å². The molecule has 0 amide bonds. The highest BCUT2D eigenvalue weighted by Crippen LogP contribution is 2.42. The fourth-order valence-corrected chi connectivity index (χ4v) is 3.06. The first kappa shape index (κ1) is 14.6. The van der Waals surface area contributed by atoms with Crippen molar-refractivity contribution in [1.29, 1.82) is 0 Å². The Kier molecular flexibility index (Phi) is 4.44. The normalized spacial score (nSPS) is 11.1. The fourth-order valence-electron chi connectivity index (χ4n) is 1.84. The average molecular weight is 291 g/mol. The van der Waals surface area contributed by atoms with Crippen LogP contribution >= 0.6 is 0 Å². The molecule has 0 heterocycles. The minimum atomic E-state index is -3.32. The second-order valence-corrected chi connectivity index (χ2v) is 5.97. The summed E-state index contributed by atoms with van der Waals surface area (Å²) >= 11 is 0. The Morgan fingerprint density at radius 3 is 2.20 bits per heavy atom. The zero-order valence-electron chi connectivity index (χ0n) is 10.7. The van der Waals surface area contributed by atoms with Crippen LogP contribution in [-0.4, -0.2) is 26.2 Å². The Balaban J connectivity index is 0.000000452. The molecule has 0 spiro atoms. The summed E-state index contributed by atoms with van der Waals surface area (Å²) in [6, 6.07) is 14.8. The molecule has 0 atom stereocenters. The third kappa shape index (κ3) is 3.83. The van der Waals surface area contributed by atoms with Gasteiger partial charge < -0.3 is 10.0 Å². The first-order valence-electron chi connectivity index (χ1n) is 5.96. The van der Waals surface area contributed by atoms with Crippen LogP contribution in [0.25, 0.3) is 11.1 Å². The average Bonchev–Trinajstić information content (AvgIpc) is 3.08. The predicted octanol–water partition coefficient (Wildman–Crippen LogP) is 0.846. The Morgan fingerprint density at radius 1 is 1.05 bits per heavy atom. The summed E-state index contributed by atoms with van der Waals surface area (Å²) in [7, 11) is -4.07. The number of hydrogen-bond donors (Lipinski definition) is 3. The molecule has 0 saturated carbocycles. The second kappa shape index (κ2) is 6.08. The zero-order chi connectivity index (χ0) is 14.6. The van der Waals surface area contributed by atoms with Crippen LogP contribution in [0.2, 0.25) is 0 Å². The fraction of sp³-hybridized carbons (Fsp3) is 0.0769. The van der Waals surface area contributed by atoms with E-state index in [4.69, 9.17) is 10.0 Å². The van der Waals surface area contributed by atoms with Crippen molar-refractivity contribution >= 4 is 23.4 Å². The highest BCUT2D eigenvalue weighted by Gasteiger charge is 2.21. The topological polar surface area (TPSA) is 86.6 Å². The van der Waals surface area contributed by atoms with Gasteiger partial charge >= 0.3 is 7.69 Å². The molecule has 20 heavy (non-hydrogen) atoms. The number of benzene rings is 2. The van der Waals surface area contributed by atoms with E-state index in [9.17, 15) is 8.42 Å². The van der Waals surface area contributed by atoms with Gasteiger partial charge in [-0.1, -0.05) is 36.4 Å². The van der Waals surface area contributed by atoms with Crippen LogP contribution in [0.4, 0.5) is 5.69 Å². The van der Waals surface area contributed by atoms with Crippen LogP contribution in [-0.2, 0) is 15.8 Å². The quantitative estimate of drug-likeness (QED) is 0.622. The molecule has 0 unspecified atom stereocenters. The number of sulfonamides is 1. The van der Waals surface area contributed by atoms with Crippen LogP contribution in [0.15, 0.2) is 48.5 Å². The monoisotopic (exact) mass is 291 g/mol. The number of rotatable bonds is 4. The maximum Gasteiger partial charge on any atom is 0.432 e. The molecule has 0 aromatic heterocycles. The molecule has 0 aliphatic heterocycles. The van der Waals surface area contributed by atoms with Gasteiger partial charge in [0.2, 0.25) is 10.0 Å².